The van der Waals surface area contributed by atoms with Crippen LogP contribution in [0.1, 0.15) is 16.7 Å². The Kier molecular flexibility index (Phi) is 8.69. The highest BCUT2D eigenvalue weighted by Crippen LogP contribution is 2.31. The Hall–Kier alpha value is -3.13. The molecule has 0 saturated carbocycles. The average Bonchev–Trinajstić information content (AvgIpc) is 3.12. The quantitative estimate of drug-likeness (QED) is 0.187. The van der Waals surface area contributed by atoms with E-state index in [-0.39, 0.29) is 5.70 Å². The van der Waals surface area contributed by atoms with Crippen LogP contribution in [0.25, 0.3) is 6.08 Å². The van der Waals surface area contributed by atoms with Gasteiger partial charge in [-0.25, -0.2) is 9.69 Å². The molecule has 4 amide bonds. The van der Waals surface area contributed by atoms with Gasteiger partial charge in [0.15, 0.2) is 0 Å². The van der Waals surface area contributed by atoms with Gasteiger partial charge < -0.3 is 20.1 Å². The van der Waals surface area contributed by atoms with Crippen LogP contribution in [-0.2, 0) is 16.2 Å². The van der Waals surface area contributed by atoms with E-state index in [1.54, 1.807) is 30.3 Å². The molecule has 1 heterocycles. The molecule has 1 fully saturated rings. The monoisotopic (exact) mass is 723 g/mol. The molecule has 3 aromatic rings. The number of hydrogen-bond acceptors (Lipinski definition) is 5. The van der Waals surface area contributed by atoms with Crippen molar-refractivity contribution in [3.8, 4) is 11.5 Å². The molecule has 190 valence electrons. The molecule has 0 aliphatic carbocycles. The summed E-state index contributed by atoms with van der Waals surface area (Å²) in [6.45, 7) is 2.05. The van der Waals surface area contributed by atoms with Crippen molar-refractivity contribution in [1.29, 1.82) is 0 Å². The molecule has 0 aromatic heterocycles. The zero-order valence-electron chi connectivity index (χ0n) is 20.0. The molecule has 1 aliphatic rings. The number of benzene rings is 3. The van der Waals surface area contributed by atoms with Crippen LogP contribution in [0.3, 0.4) is 0 Å². The second-order valence-electron chi connectivity index (χ2n) is 8.22. The number of methoxy groups -OCH3 is 1. The van der Waals surface area contributed by atoms with Gasteiger partial charge in [-0.15, -0.1) is 0 Å². The molecule has 37 heavy (non-hydrogen) atoms. The zero-order chi connectivity index (χ0) is 26.5. The second kappa shape index (κ2) is 11.9. The lowest BCUT2D eigenvalue weighted by Crippen LogP contribution is -2.38. The first kappa shape index (κ1) is 26.9. The number of ether oxygens (including phenoxy) is 2. The molecule has 4 rings (SSSR count). The van der Waals surface area contributed by atoms with E-state index in [9.17, 15) is 14.4 Å². The molecule has 8 nitrogen and oxygen atoms in total. The molecule has 0 bridgehead atoms. The standard InChI is InChI=1S/C27H23I2N3O5/c1-16-7-9-17(10-8-16)15-37-25-19(28)11-18(12-20(25)29)13-22-26(34)32(27(35)31-22)14-24(33)30-21-5-3-4-6-23(21)36-2/h3-13H,14-15H2,1-2H3,(H,30,33)(H,31,35)/b22-13+. The number of urea groups is 1. The molecular weight excluding hydrogens is 700 g/mol. The largest absolute Gasteiger partial charge is 0.495 e. The lowest BCUT2D eigenvalue weighted by molar-refractivity contribution is -0.127. The molecule has 0 atom stereocenters. The van der Waals surface area contributed by atoms with Gasteiger partial charge >= 0.3 is 6.03 Å². The SMILES string of the molecule is COc1ccccc1NC(=O)CN1C(=O)N/C(=C/c2cc(I)c(OCc3ccc(C)cc3)c(I)c2)C1=O. The van der Waals surface area contributed by atoms with Gasteiger partial charge in [-0.3, -0.25) is 9.59 Å². The topological polar surface area (TPSA) is 97.0 Å². The molecule has 1 saturated heterocycles. The minimum absolute atomic E-state index is 0.0926. The Morgan fingerprint density at radius 2 is 1.73 bits per heavy atom. The van der Waals surface area contributed by atoms with E-state index in [4.69, 9.17) is 9.47 Å². The summed E-state index contributed by atoms with van der Waals surface area (Å²) in [6, 6.07) is 18.1. The summed E-state index contributed by atoms with van der Waals surface area (Å²) in [6.07, 6.45) is 1.59. The first-order valence-corrected chi connectivity index (χ1v) is 13.4. The van der Waals surface area contributed by atoms with Crippen LogP contribution >= 0.6 is 45.2 Å². The van der Waals surface area contributed by atoms with Gasteiger partial charge in [-0.2, -0.15) is 0 Å². The maximum atomic E-state index is 12.9. The predicted molar refractivity (Wildman–Crippen MR) is 157 cm³/mol. The van der Waals surface area contributed by atoms with Gasteiger partial charge in [-0.1, -0.05) is 42.0 Å². The van der Waals surface area contributed by atoms with Crippen molar-refractivity contribution in [2.24, 2.45) is 0 Å². The number of carbonyl (C=O) groups is 3. The highest BCUT2D eigenvalue weighted by atomic mass is 127. The van der Waals surface area contributed by atoms with Gasteiger partial charge in [0.05, 0.1) is 19.9 Å². The summed E-state index contributed by atoms with van der Waals surface area (Å²) in [5, 5.41) is 5.22. The number of aryl methyl sites for hydroxylation is 1. The maximum Gasteiger partial charge on any atom is 0.329 e. The van der Waals surface area contributed by atoms with Crippen molar-refractivity contribution < 1.29 is 23.9 Å². The van der Waals surface area contributed by atoms with Crippen molar-refractivity contribution in [3.05, 3.63) is 90.2 Å². The number of nitrogens with one attached hydrogen (secondary N) is 2. The Bertz CT molecular complexity index is 1370. The molecule has 0 unspecified atom stereocenters. The van der Waals surface area contributed by atoms with E-state index in [0.29, 0.717) is 18.0 Å². The molecular formula is C27H23I2N3O5. The summed E-state index contributed by atoms with van der Waals surface area (Å²) >= 11 is 4.37. The Morgan fingerprint density at radius 1 is 1.05 bits per heavy atom. The van der Waals surface area contributed by atoms with Crippen molar-refractivity contribution in [2.75, 3.05) is 19.0 Å². The van der Waals surface area contributed by atoms with Gasteiger partial charge in [0.25, 0.3) is 5.91 Å². The fourth-order valence-electron chi connectivity index (χ4n) is 3.60. The van der Waals surface area contributed by atoms with Crippen LogP contribution < -0.4 is 20.1 Å². The lowest BCUT2D eigenvalue weighted by atomic mass is 10.1. The maximum absolute atomic E-state index is 12.9. The fourth-order valence-corrected chi connectivity index (χ4v) is 5.73. The van der Waals surface area contributed by atoms with Gasteiger partial charge in [0.2, 0.25) is 5.91 Å². The zero-order valence-corrected chi connectivity index (χ0v) is 24.3. The van der Waals surface area contributed by atoms with E-state index >= 15 is 0 Å². The van der Waals surface area contributed by atoms with Gasteiger partial charge in [0.1, 0.15) is 30.3 Å². The van der Waals surface area contributed by atoms with Crippen LogP contribution in [0.5, 0.6) is 11.5 Å². The normalized spacial score (nSPS) is 14.1. The summed E-state index contributed by atoms with van der Waals surface area (Å²) < 4.78 is 13.0. The third kappa shape index (κ3) is 6.60. The van der Waals surface area contributed by atoms with E-state index in [1.807, 2.05) is 43.3 Å². The number of hydrogen-bond donors (Lipinski definition) is 2. The van der Waals surface area contributed by atoms with E-state index in [0.717, 1.165) is 28.9 Å². The van der Waals surface area contributed by atoms with Crippen molar-refractivity contribution in [3.63, 3.8) is 0 Å². The third-order valence-electron chi connectivity index (χ3n) is 5.48. The van der Waals surface area contributed by atoms with Crippen molar-refractivity contribution >= 4 is 74.8 Å². The molecule has 2 N–H and O–H groups in total. The third-order valence-corrected chi connectivity index (χ3v) is 7.08. The number of para-hydroxylation sites is 2. The Morgan fingerprint density at radius 3 is 2.41 bits per heavy atom. The number of carbonyl (C=O) groups excluding carboxylic acids is 3. The highest BCUT2D eigenvalue weighted by molar-refractivity contribution is 14.1. The van der Waals surface area contributed by atoms with E-state index in [2.05, 4.69) is 55.8 Å². The summed E-state index contributed by atoms with van der Waals surface area (Å²) in [4.78, 5) is 38.7. The van der Waals surface area contributed by atoms with Crippen LogP contribution in [0.15, 0.2) is 66.4 Å². The van der Waals surface area contributed by atoms with E-state index < -0.39 is 24.4 Å². The molecule has 1 aliphatic heterocycles. The molecule has 0 radical (unpaired) electrons. The number of anilines is 1. The number of rotatable bonds is 8. The lowest BCUT2D eigenvalue weighted by Gasteiger charge is -2.13. The first-order chi connectivity index (χ1) is 17.7. The molecule has 10 heteroatoms. The minimum atomic E-state index is -0.658. The Balaban J connectivity index is 1.44. The van der Waals surface area contributed by atoms with Crippen molar-refractivity contribution in [2.45, 2.75) is 13.5 Å². The molecule has 0 spiro atoms. The predicted octanol–water partition coefficient (Wildman–Crippen LogP) is 5.32. The number of nitrogens with zero attached hydrogens (tertiary/aromatic N) is 1. The van der Waals surface area contributed by atoms with Crippen LogP contribution in [0, 0.1) is 14.1 Å². The van der Waals surface area contributed by atoms with Crippen molar-refractivity contribution in [1.82, 2.24) is 10.2 Å². The summed E-state index contributed by atoms with van der Waals surface area (Å²) in [5.41, 5.74) is 3.52. The van der Waals surface area contributed by atoms with E-state index in [1.165, 1.54) is 12.7 Å². The first-order valence-electron chi connectivity index (χ1n) is 11.2. The summed E-state index contributed by atoms with van der Waals surface area (Å²) in [7, 11) is 1.49. The molecule has 3 aromatic carbocycles. The highest BCUT2D eigenvalue weighted by Gasteiger charge is 2.35. The average molecular weight is 723 g/mol. The minimum Gasteiger partial charge on any atom is -0.495 e. The van der Waals surface area contributed by atoms with Crippen LogP contribution in [-0.4, -0.2) is 36.4 Å². The number of halogens is 2. The fraction of sp³-hybridized carbons (Fsp3) is 0.148. The Labute approximate surface area is 241 Å². The second-order valence-corrected chi connectivity index (χ2v) is 10.5. The van der Waals surface area contributed by atoms with Crippen LogP contribution in [0.2, 0.25) is 0 Å². The van der Waals surface area contributed by atoms with Gasteiger partial charge in [-0.05, 0) is 93.6 Å². The number of imide groups is 1. The van der Waals surface area contributed by atoms with Gasteiger partial charge in [0, 0.05) is 0 Å². The van der Waals surface area contributed by atoms with Crippen LogP contribution in [0.4, 0.5) is 10.5 Å². The summed E-state index contributed by atoms with van der Waals surface area (Å²) in [5.74, 6) is 0.128. The number of amides is 4. The smallest absolute Gasteiger partial charge is 0.329 e.